The summed E-state index contributed by atoms with van der Waals surface area (Å²) in [5, 5.41) is 0. The number of carbonyl (C=O) groups is 1. The number of ether oxygens (including phenoxy) is 2. The zero-order chi connectivity index (χ0) is 20.4. The first-order valence-electron chi connectivity index (χ1n) is 10.6. The molecule has 3 heteroatoms. The maximum absolute atomic E-state index is 12.4. The summed E-state index contributed by atoms with van der Waals surface area (Å²) < 4.78 is 11.3. The van der Waals surface area contributed by atoms with Crippen molar-refractivity contribution in [2.75, 3.05) is 6.61 Å². The van der Waals surface area contributed by atoms with Crippen LogP contribution < -0.4 is 4.74 Å². The van der Waals surface area contributed by atoms with Gasteiger partial charge in [-0.05, 0) is 67.5 Å². The van der Waals surface area contributed by atoms with Crippen molar-refractivity contribution in [3.05, 3.63) is 65.2 Å². The minimum Gasteiger partial charge on any atom is -0.423 e. The zero-order valence-electron chi connectivity index (χ0n) is 17.7. The average molecular weight is 383 g/mol. The lowest BCUT2D eigenvalue weighted by Crippen LogP contribution is -2.09. The lowest BCUT2D eigenvalue weighted by Gasteiger charge is -2.15. The molecule has 0 aliphatic carbocycles. The molecule has 28 heavy (non-hydrogen) atoms. The second kappa shape index (κ2) is 11.7. The third kappa shape index (κ3) is 6.49. The highest BCUT2D eigenvalue weighted by Gasteiger charge is 2.12. The van der Waals surface area contributed by atoms with Crippen molar-refractivity contribution in [3.8, 4) is 5.75 Å². The molecule has 0 saturated carbocycles. The fraction of sp³-hybridized carbons (Fsp3) is 0.480. The molecule has 2 aromatic rings. The molecule has 0 heterocycles. The van der Waals surface area contributed by atoms with Crippen LogP contribution in [0.1, 0.15) is 93.3 Å². The van der Waals surface area contributed by atoms with Crippen LogP contribution in [0.3, 0.4) is 0 Å². The highest BCUT2D eigenvalue weighted by Crippen LogP contribution is 2.26. The van der Waals surface area contributed by atoms with Gasteiger partial charge in [0, 0.05) is 6.61 Å². The minimum atomic E-state index is -0.334. The first-order chi connectivity index (χ1) is 13.6. The van der Waals surface area contributed by atoms with Crippen LogP contribution >= 0.6 is 0 Å². The van der Waals surface area contributed by atoms with E-state index in [-0.39, 0.29) is 12.1 Å². The van der Waals surface area contributed by atoms with Gasteiger partial charge in [-0.2, -0.15) is 0 Å². The van der Waals surface area contributed by atoms with E-state index in [4.69, 9.17) is 9.47 Å². The molecular weight excluding hydrogens is 348 g/mol. The molecule has 0 amide bonds. The summed E-state index contributed by atoms with van der Waals surface area (Å²) in [6, 6.07) is 15.4. The van der Waals surface area contributed by atoms with Crippen LogP contribution in [0.5, 0.6) is 5.75 Å². The third-order valence-electron chi connectivity index (χ3n) is 5.17. The number of unbranched alkanes of at least 4 members (excludes halogenated alkanes) is 1. The van der Waals surface area contributed by atoms with Crippen molar-refractivity contribution >= 4 is 5.97 Å². The van der Waals surface area contributed by atoms with Crippen molar-refractivity contribution in [2.24, 2.45) is 0 Å². The van der Waals surface area contributed by atoms with E-state index in [2.05, 4.69) is 32.9 Å². The third-order valence-corrected chi connectivity index (χ3v) is 5.17. The van der Waals surface area contributed by atoms with E-state index in [1.54, 1.807) is 12.1 Å². The normalized spacial score (nSPS) is 13.1. The van der Waals surface area contributed by atoms with E-state index in [0.717, 1.165) is 31.4 Å². The van der Waals surface area contributed by atoms with E-state index in [1.807, 2.05) is 31.2 Å². The molecule has 0 aromatic heterocycles. The summed E-state index contributed by atoms with van der Waals surface area (Å²) in [4.78, 5) is 12.4. The van der Waals surface area contributed by atoms with Crippen LogP contribution in [-0.2, 0) is 4.74 Å². The molecule has 3 nitrogen and oxygen atoms in total. The van der Waals surface area contributed by atoms with Crippen molar-refractivity contribution in [1.82, 2.24) is 0 Å². The first-order valence-corrected chi connectivity index (χ1v) is 10.6. The summed E-state index contributed by atoms with van der Waals surface area (Å²) in [5.41, 5.74) is 2.93. The number of hydrogen-bond donors (Lipinski definition) is 0. The topological polar surface area (TPSA) is 35.5 Å². The van der Waals surface area contributed by atoms with Crippen LogP contribution in [0.15, 0.2) is 48.5 Å². The number of hydrogen-bond acceptors (Lipinski definition) is 3. The Morgan fingerprint density at radius 3 is 2.11 bits per heavy atom. The molecular formula is C25H34O3. The Labute approximate surface area is 170 Å². The average Bonchev–Trinajstić information content (AvgIpc) is 2.73. The van der Waals surface area contributed by atoms with Gasteiger partial charge >= 0.3 is 5.97 Å². The Kier molecular flexibility index (Phi) is 9.22. The number of rotatable bonds is 11. The van der Waals surface area contributed by atoms with Crippen molar-refractivity contribution in [2.45, 2.75) is 71.8 Å². The Balaban J connectivity index is 1.95. The molecule has 2 atom stereocenters. The Bertz CT molecular complexity index is 704. The summed E-state index contributed by atoms with van der Waals surface area (Å²) in [6.07, 6.45) is 5.69. The van der Waals surface area contributed by atoms with Gasteiger partial charge in [-0.3, -0.25) is 0 Å². The molecule has 0 saturated heterocycles. The van der Waals surface area contributed by atoms with E-state index < -0.39 is 0 Å². The fourth-order valence-electron chi connectivity index (χ4n) is 3.32. The molecule has 0 spiro atoms. The van der Waals surface area contributed by atoms with Gasteiger partial charge in [-0.1, -0.05) is 57.9 Å². The summed E-state index contributed by atoms with van der Waals surface area (Å²) >= 11 is 0. The first kappa shape index (κ1) is 22.2. The predicted octanol–water partition coefficient (Wildman–Crippen LogP) is 7.08. The molecule has 0 aliphatic rings. The monoisotopic (exact) mass is 382 g/mol. The van der Waals surface area contributed by atoms with Crippen molar-refractivity contribution < 1.29 is 14.3 Å². The lowest BCUT2D eigenvalue weighted by molar-refractivity contribution is 0.0635. The second-order valence-electron chi connectivity index (χ2n) is 7.34. The summed E-state index contributed by atoms with van der Waals surface area (Å²) in [6.45, 7) is 9.37. The van der Waals surface area contributed by atoms with Crippen molar-refractivity contribution in [3.63, 3.8) is 0 Å². The standard InChI is InChI=1S/C25H34O3/c1-5-8-18-27-19(4)21-10-12-23(13-11-21)25(26)28-24-16-14-22(15-17-24)20(7-3)9-6-2/h10-17,19-20H,5-9,18H2,1-4H3. The molecule has 2 unspecified atom stereocenters. The smallest absolute Gasteiger partial charge is 0.343 e. The van der Waals surface area contributed by atoms with Crippen LogP contribution in [0.4, 0.5) is 0 Å². The second-order valence-corrected chi connectivity index (χ2v) is 7.34. The highest BCUT2D eigenvalue weighted by atomic mass is 16.5. The van der Waals surface area contributed by atoms with E-state index in [9.17, 15) is 4.79 Å². The quantitative estimate of drug-likeness (QED) is 0.237. The van der Waals surface area contributed by atoms with E-state index in [1.165, 1.54) is 18.4 Å². The summed E-state index contributed by atoms with van der Waals surface area (Å²) in [7, 11) is 0. The molecule has 0 N–H and O–H groups in total. The SMILES string of the molecule is CCCCOC(C)c1ccc(C(=O)Oc2ccc(C(CC)CCC)cc2)cc1. The van der Waals surface area contributed by atoms with Gasteiger partial charge < -0.3 is 9.47 Å². The highest BCUT2D eigenvalue weighted by molar-refractivity contribution is 5.91. The molecule has 152 valence electrons. The van der Waals surface area contributed by atoms with Gasteiger partial charge in [-0.15, -0.1) is 0 Å². The van der Waals surface area contributed by atoms with Gasteiger partial charge in [-0.25, -0.2) is 4.79 Å². The molecule has 2 rings (SSSR count). The largest absolute Gasteiger partial charge is 0.423 e. The number of esters is 1. The molecule has 2 aromatic carbocycles. The van der Waals surface area contributed by atoms with E-state index >= 15 is 0 Å². The van der Waals surface area contributed by atoms with Crippen LogP contribution in [0, 0.1) is 0 Å². The van der Waals surface area contributed by atoms with Crippen molar-refractivity contribution in [1.29, 1.82) is 0 Å². The Morgan fingerprint density at radius 1 is 0.893 bits per heavy atom. The lowest BCUT2D eigenvalue weighted by atomic mass is 9.92. The fourth-order valence-corrected chi connectivity index (χ4v) is 3.32. The van der Waals surface area contributed by atoms with Crippen LogP contribution in [0.2, 0.25) is 0 Å². The van der Waals surface area contributed by atoms with Gasteiger partial charge in [0.2, 0.25) is 0 Å². The van der Waals surface area contributed by atoms with Gasteiger partial charge in [0.1, 0.15) is 5.75 Å². The van der Waals surface area contributed by atoms with Crippen LogP contribution in [-0.4, -0.2) is 12.6 Å². The molecule has 0 aliphatic heterocycles. The Hall–Kier alpha value is -2.13. The maximum atomic E-state index is 12.4. The Morgan fingerprint density at radius 2 is 1.54 bits per heavy atom. The zero-order valence-corrected chi connectivity index (χ0v) is 17.7. The van der Waals surface area contributed by atoms with E-state index in [0.29, 0.717) is 17.2 Å². The maximum Gasteiger partial charge on any atom is 0.343 e. The number of benzene rings is 2. The minimum absolute atomic E-state index is 0.0267. The molecule has 0 fully saturated rings. The van der Waals surface area contributed by atoms with Crippen LogP contribution in [0.25, 0.3) is 0 Å². The molecule has 0 bridgehead atoms. The van der Waals surface area contributed by atoms with Gasteiger partial charge in [0.25, 0.3) is 0 Å². The summed E-state index contributed by atoms with van der Waals surface area (Å²) in [5.74, 6) is 0.823. The van der Waals surface area contributed by atoms with Gasteiger partial charge in [0.05, 0.1) is 11.7 Å². The van der Waals surface area contributed by atoms with Gasteiger partial charge in [0.15, 0.2) is 0 Å². The number of carbonyl (C=O) groups excluding carboxylic acids is 1. The predicted molar refractivity (Wildman–Crippen MR) is 115 cm³/mol. The molecule has 0 radical (unpaired) electrons.